The quantitative estimate of drug-likeness (QED) is 0.488. The van der Waals surface area contributed by atoms with Gasteiger partial charge in [-0.3, -0.25) is 4.79 Å². The summed E-state index contributed by atoms with van der Waals surface area (Å²) < 4.78 is 26.5. The number of carbonyl (C=O) groups is 1. The molecule has 0 saturated heterocycles. The molecule has 2 aliphatic heterocycles. The Balaban J connectivity index is 1.80. The van der Waals surface area contributed by atoms with Crippen molar-refractivity contribution in [1.82, 2.24) is 9.55 Å². The molecule has 3 N–H and O–H groups in total. The molecule has 0 radical (unpaired) electrons. The summed E-state index contributed by atoms with van der Waals surface area (Å²) in [5.74, 6) is -0.711. The van der Waals surface area contributed by atoms with Gasteiger partial charge in [-0.1, -0.05) is 0 Å². The Morgan fingerprint density at radius 1 is 1.33 bits per heavy atom. The maximum absolute atomic E-state index is 14.2. The van der Waals surface area contributed by atoms with Crippen molar-refractivity contribution in [2.45, 2.75) is 26.2 Å². The number of aromatic nitrogens is 2. The smallest absolute Gasteiger partial charge is 0.340 e. The van der Waals surface area contributed by atoms with Gasteiger partial charge in [0, 0.05) is 29.1 Å². The second-order valence-electron chi connectivity index (χ2n) is 7.39. The molecule has 1 atom stereocenters. The fraction of sp³-hybridized carbons (Fsp3) is 0.286. The van der Waals surface area contributed by atoms with Crippen molar-refractivity contribution in [3.8, 4) is 17.1 Å². The van der Waals surface area contributed by atoms with Gasteiger partial charge >= 0.3 is 5.97 Å². The number of rotatable bonds is 3. The molecule has 0 unspecified atom stereocenters. The van der Waals surface area contributed by atoms with E-state index < -0.39 is 17.9 Å². The van der Waals surface area contributed by atoms with E-state index >= 15 is 0 Å². The van der Waals surface area contributed by atoms with Crippen LogP contribution >= 0.6 is 0 Å². The average molecular weight is 411 g/mol. The molecule has 154 valence electrons. The van der Waals surface area contributed by atoms with Crippen LogP contribution in [0.3, 0.4) is 0 Å². The van der Waals surface area contributed by atoms with Gasteiger partial charge < -0.3 is 24.9 Å². The maximum Gasteiger partial charge on any atom is 0.340 e. The number of cyclic esters (lactones) is 1. The summed E-state index contributed by atoms with van der Waals surface area (Å²) >= 11 is 0. The Morgan fingerprint density at radius 3 is 2.90 bits per heavy atom. The Morgan fingerprint density at radius 2 is 2.13 bits per heavy atom. The summed E-state index contributed by atoms with van der Waals surface area (Å²) in [5, 5.41) is 10.8. The zero-order valence-corrected chi connectivity index (χ0v) is 16.1. The number of fused-ring (bicyclic) bond motifs is 5. The lowest BCUT2D eigenvalue weighted by Crippen LogP contribution is -2.32. The van der Waals surface area contributed by atoms with Crippen LogP contribution in [0.4, 0.5) is 4.39 Å². The monoisotopic (exact) mass is 411 g/mol. The molecule has 0 amide bonds. The summed E-state index contributed by atoms with van der Waals surface area (Å²) in [6, 6.07) is 4.56. The van der Waals surface area contributed by atoms with Gasteiger partial charge in [-0.05, 0) is 24.6 Å². The van der Waals surface area contributed by atoms with Gasteiger partial charge in [0.05, 0.1) is 29.0 Å². The molecule has 2 aromatic heterocycles. The lowest BCUT2D eigenvalue weighted by molar-refractivity contribution is -0.157. The standard InChI is InChI=1S/C21H18FN3O5/c1-9-4-11-15(6-14(9)22)24-17-12(19(11)29-3-2-23)7-25-16(17)5-10-13(20(25)27)8-30-21(28)18(10)26/h4-6,18,26H,2-3,7-8,23H2,1H3/t18-/m0/s1. The number of aliphatic hydroxyl groups is 1. The van der Waals surface area contributed by atoms with Gasteiger partial charge in [-0.15, -0.1) is 0 Å². The van der Waals surface area contributed by atoms with Gasteiger partial charge in [0.25, 0.3) is 5.56 Å². The molecule has 0 bridgehead atoms. The van der Waals surface area contributed by atoms with Crippen molar-refractivity contribution in [3.63, 3.8) is 0 Å². The molecular formula is C21H18FN3O5. The van der Waals surface area contributed by atoms with Crippen LogP contribution in [0.5, 0.6) is 5.75 Å². The number of benzene rings is 1. The Kier molecular flexibility index (Phi) is 4.12. The first-order valence-corrected chi connectivity index (χ1v) is 9.48. The van der Waals surface area contributed by atoms with Crippen LogP contribution in [0.25, 0.3) is 22.3 Å². The van der Waals surface area contributed by atoms with E-state index in [1.165, 1.54) is 10.6 Å². The molecule has 5 rings (SSSR count). The molecule has 9 heteroatoms. The molecule has 2 aliphatic rings. The van der Waals surface area contributed by atoms with Crippen molar-refractivity contribution in [2.75, 3.05) is 13.2 Å². The molecule has 3 aromatic rings. The molecule has 1 aromatic carbocycles. The lowest BCUT2D eigenvalue weighted by Gasteiger charge is -2.21. The van der Waals surface area contributed by atoms with Crippen LogP contribution in [0, 0.1) is 12.7 Å². The van der Waals surface area contributed by atoms with E-state index in [0.29, 0.717) is 39.2 Å². The van der Waals surface area contributed by atoms with Crippen LogP contribution in [0.2, 0.25) is 0 Å². The largest absolute Gasteiger partial charge is 0.491 e. The van der Waals surface area contributed by atoms with Crippen LogP contribution in [0.1, 0.15) is 28.4 Å². The lowest BCUT2D eigenvalue weighted by atomic mass is 10.00. The van der Waals surface area contributed by atoms with Gasteiger partial charge in [-0.25, -0.2) is 14.2 Å². The summed E-state index contributed by atoms with van der Waals surface area (Å²) in [5.41, 5.74) is 8.05. The number of nitrogens with two attached hydrogens (primary N) is 1. The number of pyridine rings is 2. The summed E-state index contributed by atoms with van der Waals surface area (Å²) in [4.78, 5) is 29.4. The molecule has 30 heavy (non-hydrogen) atoms. The predicted octanol–water partition coefficient (Wildman–Crippen LogP) is 1.30. The van der Waals surface area contributed by atoms with E-state index in [2.05, 4.69) is 4.98 Å². The highest BCUT2D eigenvalue weighted by Crippen LogP contribution is 2.41. The summed E-state index contributed by atoms with van der Waals surface area (Å²) in [7, 11) is 0. The first-order valence-electron chi connectivity index (χ1n) is 9.48. The van der Waals surface area contributed by atoms with Gasteiger partial charge in [-0.2, -0.15) is 0 Å². The minimum absolute atomic E-state index is 0.195. The SMILES string of the molecule is Cc1cc2c(OCCN)c3c(nc2cc1F)-c1cc2c(c(=O)n1C3)COC(=O)[C@H]2O. The highest BCUT2D eigenvalue weighted by Gasteiger charge is 2.35. The molecule has 0 saturated carbocycles. The van der Waals surface area contributed by atoms with Gasteiger partial charge in [0.2, 0.25) is 0 Å². The number of hydrogen-bond donors (Lipinski definition) is 2. The van der Waals surface area contributed by atoms with E-state index in [1.807, 2.05) is 0 Å². The molecular weight excluding hydrogens is 393 g/mol. The molecule has 0 fully saturated rings. The second-order valence-corrected chi connectivity index (χ2v) is 7.39. The number of aryl methyl sites for hydroxylation is 1. The number of aliphatic hydroxyl groups excluding tert-OH is 1. The van der Waals surface area contributed by atoms with E-state index in [4.69, 9.17) is 15.2 Å². The van der Waals surface area contributed by atoms with E-state index in [1.54, 1.807) is 19.1 Å². The van der Waals surface area contributed by atoms with Crippen LogP contribution in [0.15, 0.2) is 23.0 Å². The van der Waals surface area contributed by atoms with Crippen LogP contribution in [-0.4, -0.2) is 33.8 Å². The zero-order chi connectivity index (χ0) is 21.2. The number of esters is 1. The number of ether oxygens (including phenoxy) is 2. The van der Waals surface area contributed by atoms with Crippen molar-refractivity contribution >= 4 is 16.9 Å². The average Bonchev–Trinajstić information content (AvgIpc) is 3.08. The molecule has 0 spiro atoms. The number of hydrogen-bond acceptors (Lipinski definition) is 7. The number of carbonyl (C=O) groups excluding carboxylic acids is 1. The fourth-order valence-electron chi connectivity index (χ4n) is 4.05. The van der Waals surface area contributed by atoms with Gasteiger partial charge in [0.15, 0.2) is 6.10 Å². The van der Waals surface area contributed by atoms with E-state index in [9.17, 15) is 19.1 Å². The molecule has 8 nitrogen and oxygen atoms in total. The normalized spacial score (nSPS) is 16.8. The predicted molar refractivity (Wildman–Crippen MR) is 105 cm³/mol. The number of nitrogens with zero attached hydrogens (tertiary/aromatic N) is 2. The van der Waals surface area contributed by atoms with Crippen LogP contribution < -0.4 is 16.0 Å². The van der Waals surface area contributed by atoms with Gasteiger partial charge in [0.1, 0.15) is 24.8 Å². The summed E-state index contributed by atoms with van der Waals surface area (Å²) in [6.45, 7) is 2.17. The topological polar surface area (TPSA) is 117 Å². The maximum atomic E-state index is 14.2. The van der Waals surface area contributed by atoms with Crippen LogP contribution in [-0.2, 0) is 22.7 Å². The molecule has 0 aliphatic carbocycles. The summed E-state index contributed by atoms with van der Waals surface area (Å²) in [6.07, 6.45) is -1.54. The third-order valence-corrected chi connectivity index (χ3v) is 5.55. The first kappa shape index (κ1) is 18.7. The van der Waals surface area contributed by atoms with Crippen molar-refractivity contribution in [2.24, 2.45) is 5.73 Å². The zero-order valence-electron chi connectivity index (χ0n) is 16.1. The Bertz CT molecular complexity index is 1300. The third-order valence-electron chi connectivity index (χ3n) is 5.55. The fourth-order valence-corrected chi connectivity index (χ4v) is 4.05. The highest BCUT2D eigenvalue weighted by atomic mass is 19.1. The minimum atomic E-state index is -1.54. The van der Waals surface area contributed by atoms with Crippen molar-refractivity contribution in [1.29, 1.82) is 0 Å². The molecule has 4 heterocycles. The van der Waals surface area contributed by atoms with Crippen molar-refractivity contribution in [3.05, 3.63) is 56.6 Å². The van der Waals surface area contributed by atoms with E-state index in [-0.39, 0.29) is 43.0 Å². The Hall–Kier alpha value is -3.30. The Labute approximate surface area is 169 Å². The second kappa shape index (κ2) is 6.61. The third kappa shape index (κ3) is 2.55. The van der Waals surface area contributed by atoms with Crippen molar-refractivity contribution < 1.29 is 23.8 Å². The minimum Gasteiger partial charge on any atom is -0.491 e. The first-order chi connectivity index (χ1) is 14.4. The highest BCUT2D eigenvalue weighted by molar-refractivity contribution is 5.91. The number of halogens is 1. The van der Waals surface area contributed by atoms with E-state index in [0.717, 1.165) is 0 Å².